The van der Waals surface area contributed by atoms with Gasteiger partial charge in [-0.1, -0.05) is 39.1 Å². The van der Waals surface area contributed by atoms with Gasteiger partial charge in [0.25, 0.3) is 5.91 Å². The monoisotopic (exact) mass is 377 g/mol. The number of hydrogen-bond donors (Lipinski definition) is 2. The van der Waals surface area contributed by atoms with E-state index in [9.17, 15) is 9.59 Å². The van der Waals surface area contributed by atoms with Crippen LogP contribution in [0.4, 0.5) is 5.69 Å². The number of rotatable bonds is 3. The van der Waals surface area contributed by atoms with Gasteiger partial charge in [0.2, 0.25) is 0 Å². The highest BCUT2D eigenvalue weighted by Gasteiger charge is 2.17. The number of furan rings is 1. The minimum absolute atomic E-state index is 0.122. The number of carbonyl (C=O) groups is 2. The molecule has 1 aromatic carbocycles. The van der Waals surface area contributed by atoms with Gasteiger partial charge in [-0.2, -0.15) is 0 Å². The van der Waals surface area contributed by atoms with E-state index >= 15 is 0 Å². The van der Waals surface area contributed by atoms with E-state index in [-0.39, 0.29) is 27.1 Å². The van der Waals surface area contributed by atoms with Gasteiger partial charge in [-0.05, 0) is 12.1 Å². The number of carbonyl (C=O) groups excluding carboxylic acids is 1. The normalized spacial score (nSPS) is 10.3. The number of nitrogens with one attached hydrogen (secondary N) is 1. The first kappa shape index (κ1) is 14.9. The van der Waals surface area contributed by atoms with Crippen LogP contribution >= 0.6 is 39.1 Å². The molecule has 0 spiro atoms. The second kappa shape index (κ2) is 5.87. The van der Waals surface area contributed by atoms with Crippen molar-refractivity contribution >= 4 is 56.7 Å². The second-order valence-corrected chi connectivity index (χ2v) is 5.43. The zero-order valence-corrected chi connectivity index (χ0v) is 12.7. The summed E-state index contributed by atoms with van der Waals surface area (Å²) < 4.78 is 5.54. The maximum atomic E-state index is 11.9. The maximum Gasteiger partial charge on any atom is 0.338 e. The van der Waals surface area contributed by atoms with Gasteiger partial charge in [0.15, 0.2) is 5.76 Å². The van der Waals surface area contributed by atoms with Crippen molar-refractivity contribution in [2.24, 2.45) is 0 Å². The van der Waals surface area contributed by atoms with E-state index in [1.165, 1.54) is 0 Å². The molecular formula is C12H6BrCl2NO4. The van der Waals surface area contributed by atoms with Crippen molar-refractivity contribution in [2.75, 3.05) is 5.32 Å². The van der Waals surface area contributed by atoms with Crippen LogP contribution in [0.1, 0.15) is 20.9 Å². The van der Waals surface area contributed by atoms with E-state index in [0.717, 1.165) is 12.3 Å². The predicted molar refractivity (Wildman–Crippen MR) is 77.8 cm³/mol. The third-order valence-electron chi connectivity index (χ3n) is 2.32. The van der Waals surface area contributed by atoms with Gasteiger partial charge in [-0.3, -0.25) is 4.79 Å². The Morgan fingerprint density at radius 3 is 2.30 bits per heavy atom. The third-order valence-corrected chi connectivity index (χ3v) is 3.37. The van der Waals surface area contributed by atoms with Crippen LogP contribution in [0, 0.1) is 0 Å². The Hall–Kier alpha value is -1.50. The van der Waals surface area contributed by atoms with Gasteiger partial charge in [-0.15, -0.1) is 0 Å². The topological polar surface area (TPSA) is 79.5 Å². The summed E-state index contributed by atoms with van der Waals surface area (Å²) in [5.74, 6) is -1.99. The fourth-order valence-corrected chi connectivity index (χ4v) is 2.71. The number of benzene rings is 1. The zero-order chi connectivity index (χ0) is 14.9. The Morgan fingerprint density at radius 1 is 1.20 bits per heavy atom. The van der Waals surface area contributed by atoms with Crippen molar-refractivity contribution < 1.29 is 19.1 Å². The summed E-state index contributed by atoms with van der Waals surface area (Å²) in [7, 11) is 0. The number of hydrogen-bond acceptors (Lipinski definition) is 3. The molecule has 1 amide bonds. The molecule has 0 aliphatic heterocycles. The van der Waals surface area contributed by atoms with Crippen LogP contribution in [0.5, 0.6) is 0 Å². The van der Waals surface area contributed by atoms with Crippen molar-refractivity contribution in [1.29, 1.82) is 0 Å². The van der Waals surface area contributed by atoms with Gasteiger partial charge in [-0.25, -0.2) is 4.79 Å². The van der Waals surface area contributed by atoms with Gasteiger partial charge >= 0.3 is 5.97 Å². The maximum absolute atomic E-state index is 11.9. The van der Waals surface area contributed by atoms with Crippen LogP contribution in [0.2, 0.25) is 10.0 Å². The molecule has 2 rings (SSSR count). The van der Waals surface area contributed by atoms with E-state index in [1.54, 1.807) is 12.1 Å². The number of anilines is 1. The Balaban J connectivity index is 2.25. The van der Waals surface area contributed by atoms with E-state index in [2.05, 4.69) is 21.2 Å². The zero-order valence-electron chi connectivity index (χ0n) is 9.62. The Morgan fingerprint density at radius 2 is 1.80 bits per heavy atom. The van der Waals surface area contributed by atoms with Crippen LogP contribution < -0.4 is 5.32 Å². The van der Waals surface area contributed by atoms with Crippen LogP contribution in [0.25, 0.3) is 0 Å². The summed E-state index contributed by atoms with van der Waals surface area (Å²) in [5.41, 5.74) is 0.0953. The van der Waals surface area contributed by atoms with E-state index < -0.39 is 11.9 Å². The highest BCUT2D eigenvalue weighted by atomic mass is 79.9. The molecule has 0 radical (unpaired) electrons. The van der Waals surface area contributed by atoms with Crippen molar-refractivity contribution in [2.45, 2.75) is 0 Å². The lowest BCUT2D eigenvalue weighted by molar-refractivity contribution is 0.0696. The quantitative estimate of drug-likeness (QED) is 0.834. The average Bonchev–Trinajstić information content (AvgIpc) is 2.83. The molecule has 104 valence electrons. The number of carboxylic acids is 1. The second-order valence-electron chi connectivity index (χ2n) is 3.70. The molecule has 0 bridgehead atoms. The van der Waals surface area contributed by atoms with E-state index in [4.69, 9.17) is 32.7 Å². The Bertz CT molecular complexity index is 676. The summed E-state index contributed by atoms with van der Waals surface area (Å²) in [5, 5.41) is 11.7. The molecule has 20 heavy (non-hydrogen) atoms. The fourth-order valence-electron chi connectivity index (χ4n) is 1.40. The molecular weight excluding hydrogens is 373 g/mol. The van der Waals surface area contributed by atoms with Gasteiger partial charge < -0.3 is 14.8 Å². The largest absolute Gasteiger partial charge is 0.478 e. The highest BCUT2D eigenvalue weighted by molar-refractivity contribution is 9.10. The minimum atomic E-state index is -1.19. The standard InChI is InChI=1S/C12H6BrCl2NO4/c13-6-2-7(14)10(8(15)3-6)16-11(17)9-1-5(4-20-9)12(18)19/h1-4H,(H,16,17)(H,18,19). The first-order valence-corrected chi connectivity index (χ1v) is 6.71. The van der Waals surface area contributed by atoms with E-state index in [0.29, 0.717) is 4.47 Å². The number of carboxylic acid groups (broad SMARTS) is 1. The number of halogens is 3. The first-order chi connectivity index (χ1) is 9.38. The molecule has 0 unspecified atom stereocenters. The molecule has 5 nitrogen and oxygen atoms in total. The molecule has 0 aliphatic rings. The van der Waals surface area contributed by atoms with Crippen LogP contribution in [-0.2, 0) is 0 Å². The number of aromatic carboxylic acids is 1. The third kappa shape index (κ3) is 3.15. The fraction of sp³-hybridized carbons (Fsp3) is 0. The summed E-state index contributed by atoms with van der Waals surface area (Å²) in [6.07, 6.45) is 0.974. The summed E-state index contributed by atoms with van der Waals surface area (Å²) >= 11 is 15.1. The summed E-state index contributed by atoms with van der Waals surface area (Å²) in [4.78, 5) is 22.6. The van der Waals surface area contributed by atoms with E-state index in [1.807, 2.05) is 0 Å². The van der Waals surface area contributed by atoms with Crippen molar-refractivity contribution in [3.8, 4) is 0 Å². The SMILES string of the molecule is O=C(O)c1coc(C(=O)Nc2c(Cl)cc(Br)cc2Cl)c1. The minimum Gasteiger partial charge on any atom is -0.478 e. The number of amides is 1. The molecule has 0 aliphatic carbocycles. The molecule has 0 saturated heterocycles. The average molecular weight is 379 g/mol. The lowest BCUT2D eigenvalue weighted by Gasteiger charge is -2.08. The van der Waals surface area contributed by atoms with Gasteiger partial charge in [0, 0.05) is 10.5 Å². The Kier molecular flexibility index (Phi) is 4.37. The van der Waals surface area contributed by atoms with Crippen LogP contribution in [0.15, 0.2) is 33.4 Å². The lowest BCUT2D eigenvalue weighted by Crippen LogP contribution is -2.11. The Labute approximate surface area is 131 Å². The predicted octanol–water partition coefficient (Wildman–Crippen LogP) is 4.30. The van der Waals surface area contributed by atoms with Crippen LogP contribution in [0.3, 0.4) is 0 Å². The van der Waals surface area contributed by atoms with Gasteiger partial charge in [0.1, 0.15) is 6.26 Å². The van der Waals surface area contributed by atoms with Gasteiger partial charge in [0.05, 0.1) is 21.3 Å². The lowest BCUT2D eigenvalue weighted by atomic mass is 10.3. The molecule has 1 heterocycles. The first-order valence-electron chi connectivity index (χ1n) is 5.16. The molecule has 0 saturated carbocycles. The summed E-state index contributed by atoms with van der Waals surface area (Å²) in [6.45, 7) is 0. The van der Waals surface area contributed by atoms with Crippen LogP contribution in [-0.4, -0.2) is 17.0 Å². The van der Waals surface area contributed by atoms with Crippen molar-refractivity contribution in [1.82, 2.24) is 0 Å². The molecule has 2 aromatic rings. The van der Waals surface area contributed by atoms with Crippen molar-refractivity contribution in [3.63, 3.8) is 0 Å². The molecule has 0 atom stereocenters. The molecule has 0 fully saturated rings. The molecule has 8 heteroatoms. The highest BCUT2D eigenvalue weighted by Crippen LogP contribution is 2.34. The smallest absolute Gasteiger partial charge is 0.338 e. The molecule has 1 aromatic heterocycles. The van der Waals surface area contributed by atoms with Crippen molar-refractivity contribution in [3.05, 3.63) is 50.3 Å². The molecule has 2 N–H and O–H groups in total. The summed E-state index contributed by atoms with van der Waals surface area (Å²) in [6, 6.07) is 4.24.